The molecule has 3 amide bonds. The standard InChI is InChI=1S/C23H29ClN4O5S/c1-14(2)28(21(29)8-10-25)22(30)15(3)27-11-9-20(23(27)31)26-34(32,33)19-7-5-16-12-18(24)6-4-17(16)13-19/h4-7,12-15,20,26H,8-11,25H2,1-3H3/t15-,20-/m0/s1. The molecule has 2 aromatic rings. The van der Waals surface area contributed by atoms with Crippen LogP contribution in [0.3, 0.4) is 0 Å². The molecule has 1 aliphatic rings. The summed E-state index contributed by atoms with van der Waals surface area (Å²) >= 11 is 5.98. The van der Waals surface area contributed by atoms with Gasteiger partial charge < -0.3 is 10.6 Å². The molecule has 11 heteroatoms. The number of carbonyl (C=O) groups excluding carboxylic acids is 3. The van der Waals surface area contributed by atoms with Gasteiger partial charge in [-0.3, -0.25) is 19.3 Å². The minimum Gasteiger partial charge on any atom is -0.330 e. The summed E-state index contributed by atoms with van der Waals surface area (Å²) in [6.45, 7) is 5.25. The maximum Gasteiger partial charge on any atom is 0.251 e. The van der Waals surface area contributed by atoms with Crippen LogP contribution in [-0.2, 0) is 24.4 Å². The second kappa shape index (κ2) is 10.4. The molecular formula is C23H29ClN4O5S. The van der Waals surface area contributed by atoms with Gasteiger partial charge in [0.25, 0.3) is 5.91 Å². The number of imide groups is 1. The number of fused-ring (bicyclic) bond motifs is 1. The van der Waals surface area contributed by atoms with Crippen molar-refractivity contribution in [3.8, 4) is 0 Å². The lowest BCUT2D eigenvalue weighted by Crippen LogP contribution is -2.53. The normalized spacial score (nSPS) is 17.4. The number of nitrogens with zero attached hydrogens (tertiary/aromatic N) is 2. The summed E-state index contributed by atoms with van der Waals surface area (Å²) < 4.78 is 28.4. The summed E-state index contributed by atoms with van der Waals surface area (Å²) in [5.74, 6) is -1.43. The van der Waals surface area contributed by atoms with E-state index in [1.54, 1.807) is 38.1 Å². The lowest BCUT2D eigenvalue weighted by Gasteiger charge is -2.31. The molecular weight excluding hydrogens is 480 g/mol. The first-order chi connectivity index (χ1) is 16.0. The third-order valence-corrected chi connectivity index (χ3v) is 7.53. The number of halogens is 1. The van der Waals surface area contributed by atoms with Gasteiger partial charge in [-0.1, -0.05) is 23.7 Å². The van der Waals surface area contributed by atoms with Crippen molar-refractivity contribution < 1.29 is 22.8 Å². The Hall–Kier alpha value is -2.53. The average molecular weight is 509 g/mol. The minimum absolute atomic E-state index is 0.0188. The van der Waals surface area contributed by atoms with Gasteiger partial charge in [0.2, 0.25) is 21.8 Å². The number of carbonyl (C=O) groups is 3. The fourth-order valence-electron chi connectivity index (χ4n) is 4.06. The number of hydrogen-bond donors (Lipinski definition) is 2. The van der Waals surface area contributed by atoms with Gasteiger partial charge in [-0.05, 0) is 62.2 Å². The fraction of sp³-hybridized carbons (Fsp3) is 0.435. The number of hydrogen-bond acceptors (Lipinski definition) is 6. The van der Waals surface area contributed by atoms with E-state index in [0.717, 1.165) is 10.3 Å². The van der Waals surface area contributed by atoms with E-state index >= 15 is 0 Å². The molecule has 2 aromatic carbocycles. The lowest BCUT2D eigenvalue weighted by atomic mass is 10.1. The molecule has 184 valence electrons. The third-order valence-electron chi connectivity index (χ3n) is 5.83. The summed E-state index contributed by atoms with van der Waals surface area (Å²) in [5.41, 5.74) is 5.46. The zero-order chi connectivity index (χ0) is 25.2. The maximum atomic E-state index is 13.0. The van der Waals surface area contributed by atoms with Crippen molar-refractivity contribution in [2.24, 2.45) is 5.73 Å². The molecule has 0 aromatic heterocycles. The molecule has 34 heavy (non-hydrogen) atoms. The molecule has 0 spiro atoms. The molecule has 1 saturated heterocycles. The first-order valence-electron chi connectivity index (χ1n) is 11.0. The van der Waals surface area contributed by atoms with E-state index < -0.39 is 45.9 Å². The Bertz CT molecular complexity index is 1220. The highest BCUT2D eigenvalue weighted by atomic mass is 35.5. The second-order valence-electron chi connectivity index (χ2n) is 8.56. The number of benzene rings is 2. The summed E-state index contributed by atoms with van der Waals surface area (Å²) in [4.78, 5) is 40.8. The molecule has 1 aliphatic heterocycles. The predicted octanol–water partition coefficient (Wildman–Crippen LogP) is 1.87. The van der Waals surface area contributed by atoms with Crippen molar-refractivity contribution in [1.82, 2.24) is 14.5 Å². The number of amides is 3. The van der Waals surface area contributed by atoms with Crippen LogP contribution in [0.2, 0.25) is 5.02 Å². The van der Waals surface area contributed by atoms with Gasteiger partial charge in [0.05, 0.1) is 4.90 Å². The molecule has 9 nitrogen and oxygen atoms in total. The summed E-state index contributed by atoms with van der Waals surface area (Å²) in [7, 11) is -3.99. The number of nitrogens with two attached hydrogens (primary N) is 1. The van der Waals surface area contributed by atoms with Gasteiger partial charge in [0.1, 0.15) is 12.1 Å². The van der Waals surface area contributed by atoms with E-state index in [0.29, 0.717) is 10.4 Å². The van der Waals surface area contributed by atoms with Crippen molar-refractivity contribution in [3.05, 3.63) is 41.4 Å². The highest BCUT2D eigenvalue weighted by Gasteiger charge is 2.41. The van der Waals surface area contributed by atoms with Crippen LogP contribution in [-0.4, -0.2) is 67.2 Å². The Morgan fingerprint density at radius 3 is 2.47 bits per heavy atom. The van der Waals surface area contributed by atoms with Crippen LogP contribution >= 0.6 is 11.6 Å². The van der Waals surface area contributed by atoms with Gasteiger partial charge >= 0.3 is 0 Å². The lowest BCUT2D eigenvalue weighted by molar-refractivity contribution is -0.152. The van der Waals surface area contributed by atoms with Crippen molar-refractivity contribution in [2.75, 3.05) is 13.1 Å². The van der Waals surface area contributed by atoms with Crippen LogP contribution in [0.1, 0.15) is 33.6 Å². The highest BCUT2D eigenvalue weighted by molar-refractivity contribution is 7.89. The van der Waals surface area contributed by atoms with E-state index in [4.69, 9.17) is 17.3 Å². The monoisotopic (exact) mass is 508 g/mol. The smallest absolute Gasteiger partial charge is 0.251 e. The van der Waals surface area contributed by atoms with Gasteiger partial charge in [-0.15, -0.1) is 0 Å². The molecule has 0 saturated carbocycles. The maximum absolute atomic E-state index is 13.0. The molecule has 0 unspecified atom stereocenters. The SMILES string of the molecule is CC(C)N(C(=O)CCN)C(=O)[C@H](C)N1CC[C@H](NS(=O)(=O)c2ccc3cc(Cl)ccc3c2)C1=O. The van der Waals surface area contributed by atoms with Crippen LogP contribution in [0.25, 0.3) is 10.8 Å². The third kappa shape index (κ3) is 5.41. The molecule has 0 aliphatic carbocycles. The van der Waals surface area contributed by atoms with Crippen molar-refractivity contribution >= 4 is 50.1 Å². The molecule has 1 heterocycles. The van der Waals surface area contributed by atoms with E-state index in [1.165, 1.54) is 24.0 Å². The average Bonchev–Trinajstić information content (AvgIpc) is 3.12. The van der Waals surface area contributed by atoms with E-state index in [-0.39, 0.29) is 30.8 Å². The van der Waals surface area contributed by atoms with E-state index in [2.05, 4.69) is 4.72 Å². The van der Waals surface area contributed by atoms with Gasteiger partial charge in [-0.25, -0.2) is 8.42 Å². The first kappa shape index (κ1) is 26.1. The van der Waals surface area contributed by atoms with E-state index in [1.807, 2.05) is 0 Å². The van der Waals surface area contributed by atoms with Crippen LogP contribution in [0.15, 0.2) is 41.3 Å². The Kier molecular flexibility index (Phi) is 7.97. The van der Waals surface area contributed by atoms with Gasteiger partial charge in [-0.2, -0.15) is 4.72 Å². The minimum atomic E-state index is -3.99. The van der Waals surface area contributed by atoms with E-state index in [9.17, 15) is 22.8 Å². The fourth-order valence-corrected chi connectivity index (χ4v) is 5.50. The molecule has 3 N–H and O–H groups in total. The number of rotatable bonds is 8. The van der Waals surface area contributed by atoms with Crippen LogP contribution < -0.4 is 10.5 Å². The quantitative estimate of drug-likeness (QED) is 0.560. The van der Waals surface area contributed by atoms with Crippen molar-refractivity contribution in [3.63, 3.8) is 0 Å². The van der Waals surface area contributed by atoms with Crippen molar-refractivity contribution in [1.29, 1.82) is 0 Å². The Morgan fingerprint density at radius 1 is 1.18 bits per heavy atom. The first-order valence-corrected chi connectivity index (χ1v) is 12.9. The topological polar surface area (TPSA) is 130 Å². The highest BCUT2D eigenvalue weighted by Crippen LogP contribution is 2.24. The number of nitrogens with one attached hydrogen (secondary N) is 1. The largest absolute Gasteiger partial charge is 0.330 e. The molecule has 3 rings (SSSR count). The summed E-state index contributed by atoms with van der Waals surface area (Å²) in [5, 5.41) is 2.03. The van der Waals surface area contributed by atoms with Crippen LogP contribution in [0.4, 0.5) is 0 Å². The Morgan fingerprint density at radius 2 is 1.82 bits per heavy atom. The number of likely N-dealkylation sites (tertiary alicyclic amines) is 1. The summed E-state index contributed by atoms with van der Waals surface area (Å²) in [6, 6.07) is 7.42. The predicted molar refractivity (Wildman–Crippen MR) is 130 cm³/mol. The molecule has 0 radical (unpaired) electrons. The Balaban J connectivity index is 1.75. The van der Waals surface area contributed by atoms with Crippen molar-refractivity contribution in [2.45, 2.75) is 56.6 Å². The van der Waals surface area contributed by atoms with Crippen LogP contribution in [0.5, 0.6) is 0 Å². The Labute approximate surface area is 204 Å². The van der Waals surface area contributed by atoms with Gasteiger partial charge in [0.15, 0.2) is 0 Å². The second-order valence-corrected chi connectivity index (χ2v) is 10.7. The van der Waals surface area contributed by atoms with Gasteiger partial charge in [0, 0.05) is 30.6 Å². The zero-order valence-electron chi connectivity index (χ0n) is 19.3. The zero-order valence-corrected chi connectivity index (χ0v) is 20.9. The molecule has 2 atom stereocenters. The van der Waals surface area contributed by atoms with Crippen LogP contribution in [0, 0.1) is 0 Å². The molecule has 0 bridgehead atoms. The molecule has 1 fully saturated rings. The summed E-state index contributed by atoms with van der Waals surface area (Å²) in [6.07, 6.45) is 0.224. The number of sulfonamides is 1.